The van der Waals surface area contributed by atoms with Gasteiger partial charge in [-0.1, -0.05) is 0 Å². The van der Waals surface area contributed by atoms with Crippen molar-refractivity contribution in [3.63, 3.8) is 0 Å². The molecule has 1 N–H and O–H groups in total. The molecule has 0 aliphatic carbocycles. The van der Waals surface area contributed by atoms with Crippen molar-refractivity contribution in [1.29, 1.82) is 5.26 Å². The SMILES string of the molecule is CC(C)N1CCC(CNc2ncc(C#N)cc2[N+](=O)[O-])C1. The smallest absolute Gasteiger partial charge is 0.312 e. The molecule has 0 spiro atoms. The van der Waals surface area contributed by atoms with Gasteiger partial charge in [0.15, 0.2) is 0 Å². The summed E-state index contributed by atoms with van der Waals surface area (Å²) in [7, 11) is 0. The van der Waals surface area contributed by atoms with Gasteiger partial charge in [-0.25, -0.2) is 4.98 Å². The lowest BCUT2D eigenvalue weighted by atomic mass is 10.1. The van der Waals surface area contributed by atoms with Crippen molar-refractivity contribution >= 4 is 11.5 Å². The largest absolute Gasteiger partial charge is 0.364 e. The summed E-state index contributed by atoms with van der Waals surface area (Å²) in [4.78, 5) is 16.9. The van der Waals surface area contributed by atoms with Crippen molar-refractivity contribution in [3.8, 4) is 6.07 Å². The number of nitro groups is 1. The van der Waals surface area contributed by atoms with Crippen molar-refractivity contribution in [2.75, 3.05) is 25.0 Å². The fourth-order valence-corrected chi connectivity index (χ4v) is 2.53. The second-order valence-electron chi connectivity index (χ2n) is 5.58. The second-order valence-corrected chi connectivity index (χ2v) is 5.58. The Kier molecular flexibility index (Phi) is 4.70. The Balaban J connectivity index is 2.01. The van der Waals surface area contributed by atoms with Crippen LogP contribution in [0.1, 0.15) is 25.8 Å². The highest BCUT2D eigenvalue weighted by Gasteiger charge is 2.25. The van der Waals surface area contributed by atoms with Crippen LogP contribution in [0, 0.1) is 27.4 Å². The van der Waals surface area contributed by atoms with E-state index >= 15 is 0 Å². The number of hydrogen-bond acceptors (Lipinski definition) is 6. The van der Waals surface area contributed by atoms with Crippen molar-refractivity contribution in [3.05, 3.63) is 27.9 Å². The molecule has 1 saturated heterocycles. The number of nitrogens with zero attached hydrogens (tertiary/aromatic N) is 4. The zero-order valence-electron chi connectivity index (χ0n) is 12.2. The molecule has 21 heavy (non-hydrogen) atoms. The van der Waals surface area contributed by atoms with E-state index in [4.69, 9.17) is 5.26 Å². The highest BCUT2D eigenvalue weighted by atomic mass is 16.6. The molecule has 2 rings (SSSR count). The van der Waals surface area contributed by atoms with Crippen LogP contribution in [-0.4, -0.2) is 40.5 Å². The average Bonchev–Trinajstić information content (AvgIpc) is 2.94. The molecule has 0 amide bonds. The minimum Gasteiger partial charge on any atom is -0.364 e. The predicted octanol–water partition coefficient (Wildman–Crippen LogP) is 2.00. The molecule has 112 valence electrons. The van der Waals surface area contributed by atoms with Crippen LogP contribution in [-0.2, 0) is 0 Å². The maximum Gasteiger partial charge on any atom is 0.312 e. The highest BCUT2D eigenvalue weighted by molar-refractivity contribution is 5.58. The van der Waals surface area contributed by atoms with E-state index in [1.807, 2.05) is 6.07 Å². The summed E-state index contributed by atoms with van der Waals surface area (Å²) in [5.74, 6) is 0.700. The van der Waals surface area contributed by atoms with Gasteiger partial charge in [-0.3, -0.25) is 10.1 Å². The summed E-state index contributed by atoms with van der Waals surface area (Å²) in [6, 6.07) is 3.64. The quantitative estimate of drug-likeness (QED) is 0.658. The molecule has 1 aromatic rings. The number of rotatable bonds is 5. The number of anilines is 1. The van der Waals surface area contributed by atoms with Crippen molar-refractivity contribution in [1.82, 2.24) is 9.88 Å². The minimum absolute atomic E-state index is 0.146. The Morgan fingerprint density at radius 3 is 3.00 bits per heavy atom. The van der Waals surface area contributed by atoms with Crippen LogP contribution < -0.4 is 5.32 Å². The molecule has 1 atom stereocenters. The fraction of sp³-hybridized carbons (Fsp3) is 0.571. The van der Waals surface area contributed by atoms with Crippen molar-refractivity contribution in [2.24, 2.45) is 5.92 Å². The molecule has 1 aromatic heterocycles. The molecule has 0 saturated carbocycles. The van der Waals surface area contributed by atoms with E-state index in [1.54, 1.807) is 0 Å². The van der Waals surface area contributed by atoms with Crippen LogP contribution >= 0.6 is 0 Å². The van der Waals surface area contributed by atoms with E-state index < -0.39 is 4.92 Å². The van der Waals surface area contributed by atoms with E-state index in [-0.39, 0.29) is 17.1 Å². The van der Waals surface area contributed by atoms with Crippen LogP contribution in [0.25, 0.3) is 0 Å². The van der Waals surface area contributed by atoms with Gasteiger partial charge in [0.25, 0.3) is 0 Å². The Labute approximate surface area is 123 Å². The highest BCUT2D eigenvalue weighted by Crippen LogP contribution is 2.24. The van der Waals surface area contributed by atoms with Gasteiger partial charge < -0.3 is 10.2 Å². The van der Waals surface area contributed by atoms with Gasteiger partial charge in [0.1, 0.15) is 6.07 Å². The molecule has 0 aromatic carbocycles. The molecular weight excluding hydrogens is 270 g/mol. The molecule has 1 aliphatic rings. The first-order valence-corrected chi connectivity index (χ1v) is 7.03. The molecule has 7 heteroatoms. The Morgan fingerprint density at radius 2 is 2.43 bits per heavy atom. The van der Waals surface area contributed by atoms with Crippen LogP contribution in [0.2, 0.25) is 0 Å². The summed E-state index contributed by atoms with van der Waals surface area (Å²) in [6.45, 7) is 7.05. The topological polar surface area (TPSA) is 95.1 Å². The summed E-state index contributed by atoms with van der Waals surface area (Å²) >= 11 is 0. The summed E-state index contributed by atoms with van der Waals surface area (Å²) < 4.78 is 0. The summed E-state index contributed by atoms with van der Waals surface area (Å²) in [5, 5.41) is 22.9. The third kappa shape index (κ3) is 3.67. The minimum atomic E-state index is -0.509. The third-order valence-electron chi connectivity index (χ3n) is 3.80. The number of aromatic nitrogens is 1. The maximum atomic E-state index is 11.0. The first kappa shape index (κ1) is 15.2. The first-order chi connectivity index (χ1) is 10.0. The Hall–Kier alpha value is -2.20. The Bertz CT molecular complexity index is 567. The lowest BCUT2D eigenvalue weighted by molar-refractivity contribution is -0.384. The molecule has 2 heterocycles. The van der Waals surface area contributed by atoms with Gasteiger partial charge in [-0.2, -0.15) is 5.26 Å². The van der Waals surface area contributed by atoms with E-state index in [9.17, 15) is 10.1 Å². The molecular formula is C14H19N5O2. The zero-order chi connectivity index (χ0) is 15.4. The molecule has 1 fully saturated rings. The number of pyridine rings is 1. The van der Waals surface area contributed by atoms with Crippen molar-refractivity contribution in [2.45, 2.75) is 26.3 Å². The van der Waals surface area contributed by atoms with Gasteiger partial charge in [0.05, 0.1) is 10.5 Å². The average molecular weight is 289 g/mol. The molecule has 0 radical (unpaired) electrons. The molecule has 7 nitrogen and oxygen atoms in total. The predicted molar refractivity (Wildman–Crippen MR) is 78.9 cm³/mol. The maximum absolute atomic E-state index is 11.0. The van der Waals surface area contributed by atoms with Gasteiger partial charge in [0.2, 0.25) is 5.82 Å². The fourth-order valence-electron chi connectivity index (χ4n) is 2.53. The Morgan fingerprint density at radius 1 is 1.67 bits per heavy atom. The summed E-state index contributed by atoms with van der Waals surface area (Å²) in [5.41, 5.74) is 0.0480. The summed E-state index contributed by atoms with van der Waals surface area (Å²) in [6.07, 6.45) is 2.43. The zero-order valence-corrected chi connectivity index (χ0v) is 12.2. The number of nitrogens with one attached hydrogen (secondary N) is 1. The van der Waals surface area contributed by atoms with Gasteiger partial charge in [-0.05, 0) is 32.7 Å². The molecule has 1 aliphatic heterocycles. The van der Waals surface area contributed by atoms with Crippen LogP contribution in [0.5, 0.6) is 0 Å². The van der Waals surface area contributed by atoms with Crippen molar-refractivity contribution < 1.29 is 4.92 Å². The van der Waals surface area contributed by atoms with Gasteiger partial charge >= 0.3 is 5.69 Å². The normalized spacial score (nSPS) is 18.7. The lowest BCUT2D eigenvalue weighted by Gasteiger charge is -2.20. The van der Waals surface area contributed by atoms with E-state index in [1.165, 1.54) is 12.3 Å². The number of likely N-dealkylation sites (tertiary alicyclic amines) is 1. The van der Waals surface area contributed by atoms with Crippen LogP contribution in [0.4, 0.5) is 11.5 Å². The lowest BCUT2D eigenvalue weighted by Crippen LogP contribution is -2.29. The number of nitriles is 1. The van der Waals surface area contributed by atoms with E-state index in [0.29, 0.717) is 18.5 Å². The first-order valence-electron chi connectivity index (χ1n) is 7.03. The standard InChI is InChI=1S/C14H19N5O2/c1-10(2)18-4-3-11(9-18)7-16-14-13(19(20)21)5-12(6-15)8-17-14/h5,8,10-11H,3-4,7,9H2,1-2H3,(H,16,17). The second kappa shape index (κ2) is 6.50. The van der Waals surface area contributed by atoms with Crippen LogP contribution in [0.15, 0.2) is 12.3 Å². The van der Waals surface area contributed by atoms with E-state index in [2.05, 4.69) is 29.0 Å². The van der Waals surface area contributed by atoms with Gasteiger partial charge in [-0.15, -0.1) is 0 Å². The van der Waals surface area contributed by atoms with Crippen LogP contribution in [0.3, 0.4) is 0 Å². The monoisotopic (exact) mass is 289 g/mol. The van der Waals surface area contributed by atoms with E-state index in [0.717, 1.165) is 19.5 Å². The molecule has 0 bridgehead atoms. The third-order valence-corrected chi connectivity index (χ3v) is 3.80. The molecule has 1 unspecified atom stereocenters. The number of hydrogen-bond donors (Lipinski definition) is 1. The van der Waals surface area contributed by atoms with Gasteiger partial charge in [0, 0.05) is 31.4 Å².